The van der Waals surface area contributed by atoms with Crippen LogP contribution in [0, 0.1) is 10.1 Å². The highest BCUT2D eigenvalue weighted by atomic mass is 16.6. The van der Waals surface area contributed by atoms with Crippen molar-refractivity contribution in [3.05, 3.63) is 63.2 Å². The third-order valence-corrected chi connectivity index (χ3v) is 4.25. The Hall–Kier alpha value is -4.52. The summed E-state index contributed by atoms with van der Waals surface area (Å²) in [5.41, 5.74) is -0.455. The zero-order valence-corrected chi connectivity index (χ0v) is 18.2. The standard InChI is InChI=1S/C21H21N3O10/c1-32-19(27)12-7-13(20(28)33-2)9-14(8-12)23-18(26)11-34-21(29)16-10-15(24(30)31)3-4-17(16)22-5-6-25/h3-4,7-10,22,25H,5-6,11H2,1-2H3,(H,23,26). The van der Waals surface area contributed by atoms with Crippen LogP contribution in [0.5, 0.6) is 0 Å². The van der Waals surface area contributed by atoms with Gasteiger partial charge in [0.25, 0.3) is 11.6 Å². The van der Waals surface area contributed by atoms with Crippen LogP contribution >= 0.6 is 0 Å². The number of rotatable bonds is 10. The van der Waals surface area contributed by atoms with Crippen LogP contribution < -0.4 is 10.6 Å². The summed E-state index contributed by atoms with van der Waals surface area (Å²) in [4.78, 5) is 58.8. The van der Waals surface area contributed by atoms with Crippen molar-refractivity contribution in [2.45, 2.75) is 0 Å². The van der Waals surface area contributed by atoms with Crippen LogP contribution in [0.2, 0.25) is 0 Å². The van der Waals surface area contributed by atoms with E-state index in [1.165, 1.54) is 24.3 Å². The van der Waals surface area contributed by atoms with Crippen LogP contribution in [-0.4, -0.2) is 67.8 Å². The molecule has 2 rings (SSSR count). The predicted octanol–water partition coefficient (Wildman–Crippen LogP) is 1.37. The summed E-state index contributed by atoms with van der Waals surface area (Å²) in [6, 6.07) is 7.12. The molecule has 13 heteroatoms. The highest BCUT2D eigenvalue weighted by molar-refractivity contribution is 6.01. The molecule has 3 N–H and O–H groups in total. The number of nitro benzene ring substituents is 1. The number of nitro groups is 1. The third kappa shape index (κ3) is 6.74. The molecule has 0 aliphatic rings. The van der Waals surface area contributed by atoms with Gasteiger partial charge in [0, 0.05) is 30.1 Å². The van der Waals surface area contributed by atoms with Crippen molar-refractivity contribution in [2.75, 3.05) is 44.6 Å². The third-order valence-electron chi connectivity index (χ3n) is 4.25. The van der Waals surface area contributed by atoms with Crippen LogP contribution in [0.1, 0.15) is 31.1 Å². The van der Waals surface area contributed by atoms with Gasteiger partial charge in [0.15, 0.2) is 6.61 Å². The van der Waals surface area contributed by atoms with Gasteiger partial charge in [-0.3, -0.25) is 14.9 Å². The van der Waals surface area contributed by atoms with Crippen LogP contribution in [0.15, 0.2) is 36.4 Å². The van der Waals surface area contributed by atoms with Crippen LogP contribution in [0.25, 0.3) is 0 Å². The lowest BCUT2D eigenvalue weighted by molar-refractivity contribution is -0.384. The zero-order chi connectivity index (χ0) is 25.3. The number of anilines is 2. The number of nitrogens with one attached hydrogen (secondary N) is 2. The summed E-state index contributed by atoms with van der Waals surface area (Å²) in [5, 5.41) is 25.1. The van der Waals surface area contributed by atoms with Gasteiger partial charge in [0.05, 0.1) is 42.4 Å². The fourth-order valence-corrected chi connectivity index (χ4v) is 2.74. The molecular formula is C21H21N3O10. The number of non-ortho nitro benzene ring substituents is 1. The van der Waals surface area contributed by atoms with Crippen molar-refractivity contribution >= 4 is 40.9 Å². The van der Waals surface area contributed by atoms with Crippen molar-refractivity contribution in [1.82, 2.24) is 0 Å². The van der Waals surface area contributed by atoms with Crippen LogP contribution in [0.4, 0.5) is 17.1 Å². The lowest BCUT2D eigenvalue weighted by Gasteiger charge is -2.12. The fraction of sp³-hybridized carbons (Fsp3) is 0.238. The molecule has 0 aliphatic heterocycles. The van der Waals surface area contributed by atoms with Gasteiger partial charge in [-0.25, -0.2) is 14.4 Å². The summed E-state index contributed by atoms with van der Waals surface area (Å²) in [7, 11) is 2.28. The maximum atomic E-state index is 12.5. The van der Waals surface area contributed by atoms with E-state index in [1.54, 1.807) is 0 Å². The molecule has 0 aromatic heterocycles. The summed E-state index contributed by atoms with van der Waals surface area (Å²) in [6.45, 7) is -0.972. The second kappa shape index (κ2) is 11.9. The first kappa shape index (κ1) is 25.7. The van der Waals surface area contributed by atoms with E-state index >= 15 is 0 Å². The lowest BCUT2D eigenvalue weighted by atomic mass is 10.1. The molecule has 0 unspecified atom stereocenters. The maximum absolute atomic E-state index is 12.5. The second-order valence-corrected chi connectivity index (χ2v) is 6.54. The Bertz CT molecular complexity index is 1080. The van der Waals surface area contributed by atoms with E-state index in [1.807, 2.05) is 0 Å². The summed E-state index contributed by atoms with van der Waals surface area (Å²) >= 11 is 0. The largest absolute Gasteiger partial charge is 0.465 e. The van der Waals surface area contributed by atoms with Gasteiger partial charge in [0.2, 0.25) is 0 Å². The number of amides is 1. The number of ether oxygens (including phenoxy) is 3. The molecule has 13 nitrogen and oxygen atoms in total. The molecule has 180 valence electrons. The molecule has 0 aliphatic carbocycles. The number of hydrogen-bond acceptors (Lipinski definition) is 11. The average Bonchev–Trinajstić information content (AvgIpc) is 2.84. The molecule has 34 heavy (non-hydrogen) atoms. The first-order valence-electron chi connectivity index (χ1n) is 9.62. The van der Waals surface area contributed by atoms with E-state index in [0.29, 0.717) is 0 Å². The molecule has 0 saturated heterocycles. The number of hydrogen-bond donors (Lipinski definition) is 3. The molecule has 0 radical (unpaired) electrons. The minimum absolute atomic E-state index is 0.0324. The molecule has 0 bridgehead atoms. The van der Waals surface area contributed by atoms with Gasteiger partial charge < -0.3 is 30.0 Å². The highest BCUT2D eigenvalue weighted by Crippen LogP contribution is 2.23. The number of aliphatic hydroxyl groups is 1. The van der Waals surface area contributed by atoms with E-state index in [9.17, 15) is 29.3 Å². The Morgan fingerprint density at radius 3 is 2.12 bits per heavy atom. The van der Waals surface area contributed by atoms with Crippen LogP contribution in [-0.2, 0) is 19.0 Å². The normalized spacial score (nSPS) is 10.1. The quantitative estimate of drug-likeness (QED) is 0.195. The fourth-order valence-electron chi connectivity index (χ4n) is 2.74. The molecule has 0 saturated carbocycles. The minimum Gasteiger partial charge on any atom is -0.465 e. The number of nitrogens with zero attached hydrogens (tertiary/aromatic N) is 1. The van der Waals surface area contributed by atoms with Crippen molar-refractivity contribution in [2.24, 2.45) is 0 Å². The van der Waals surface area contributed by atoms with E-state index < -0.39 is 35.3 Å². The van der Waals surface area contributed by atoms with E-state index in [-0.39, 0.29) is 46.9 Å². The Morgan fingerprint density at radius 1 is 0.971 bits per heavy atom. The average molecular weight is 475 g/mol. The number of aliphatic hydroxyl groups excluding tert-OH is 1. The molecular weight excluding hydrogens is 454 g/mol. The van der Waals surface area contributed by atoms with Crippen molar-refractivity contribution in [3.63, 3.8) is 0 Å². The van der Waals surface area contributed by atoms with Crippen molar-refractivity contribution in [3.8, 4) is 0 Å². The zero-order valence-electron chi connectivity index (χ0n) is 18.2. The minimum atomic E-state index is -1.03. The Labute approximate surface area is 192 Å². The Balaban J connectivity index is 2.17. The lowest BCUT2D eigenvalue weighted by Crippen LogP contribution is -2.22. The molecule has 0 atom stereocenters. The molecule has 2 aromatic rings. The molecule has 0 heterocycles. The number of methoxy groups -OCH3 is 2. The Morgan fingerprint density at radius 2 is 1.59 bits per heavy atom. The van der Waals surface area contributed by atoms with Gasteiger partial charge >= 0.3 is 17.9 Å². The first-order chi connectivity index (χ1) is 16.2. The van der Waals surface area contributed by atoms with Gasteiger partial charge in [-0.1, -0.05) is 0 Å². The first-order valence-corrected chi connectivity index (χ1v) is 9.62. The monoisotopic (exact) mass is 475 g/mol. The summed E-state index contributed by atoms with van der Waals surface area (Å²) in [5.74, 6) is -3.37. The maximum Gasteiger partial charge on any atom is 0.341 e. The number of carbonyl (C=O) groups is 4. The van der Waals surface area contributed by atoms with Gasteiger partial charge in [-0.15, -0.1) is 0 Å². The topological polar surface area (TPSA) is 183 Å². The Kier molecular flexibility index (Phi) is 9.02. The smallest absolute Gasteiger partial charge is 0.341 e. The van der Waals surface area contributed by atoms with E-state index in [0.717, 1.165) is 26.4 Å². The van der Waals surface area contributed by atoms with Gasteiger partial charge in [0.1, 0.15) is 0 Å². The second-order valence-electron chi connectivity index (χ2n) is 6.54. The summed E-state index contributed by atoms with van der Waals surface area (Å²) < 4.78 is 14.2. The SMILES string of the molecule is COC(=O)c1cc(NC(=O)COC(=O)c2cc([N+](=O)[O-])ccc2NCCO)cc(C(=O)OC)c1. The number of esters is 3. The van der Waals surface area contributed by atoms with Gasteiger partial charge in [-0.2, -0.15) is 0 Å². The predicted molar refractivity (Wildman–Crippen MR) is 117 cm³/mol. The molecule has 2 aromatic carbocycles. The molecule has 0 fully saturated rings. The number of benzene rings is 2. The van der Waals surface area contributed by atoms with Crippen molar-refractivity contribution < 1.29 is 43.4 Å². The number of carbonyl (C=O) groups excluding carboxylic acids is 4. The van der Waals surface area contributed by atoms with Crippen LogP contribution in [0.3, 0.4) is 0 Å². The van der Waals surface area contributed by atoms with E-state index in [4.69, 9.17) is 9.84 Å². The van der Waals surface area contributed by atoms with E-state index in [2.05, 4.69) is 20.1 Å². The molecule has 1 amide bonds. The summed E-state index contributed by atoms with van der Waals surface area (Å²) in [6.07, 6.45) is 0. The van der Waals surface area contributed by atoms with Gasteiger partial charge in [-0.05, 0) is 24.3 Å². The highest BCUT2D eigenvalue weighted by Gasteiger charge is 2.20. The molecule has 0 spiro atoms. The van der Waals surface area contributed by atoms with Crippen molar-refractivity contribution in [1.29, 1.82) is 0 Å².